The molecule has 1 heterocycles. The van der Waals surface area contributed by atoms with Gasteiger partial charge in [-0.3, -0.25) is 0 Å². The smallest absolute Gasteiger partial charge is 0.243 e. The molecule has 1 atom stereocenters. The quantitative estimate of drug-likeness (QED) is 0.915. The fourth-order valence-electron chi connectivity index (χ4n) is 1.89. The zero-order valence-electron chi connectivity index (χ0n) is 12.1. The number of nitrogens with zero attached hydrogens (tertiary/aromatic N) is 2. The SMILES string of the molecule is Cc1nc(CN(C)S(=O)(=O)c2ccc(C(C)O)cc2)cs1. The van der Waals surface area contributed by atoms with E-state index in [0.717, 1.165) is 10.7 Å². The van der Waals surface area contributed by atoms with Crippen LogP contribution in [0.15, 0.2) is 34.5 Å². The number of aliphatic hydroxyl groups excluding tert-OH is 1. The van der Waals surface area contributed by atoms with E-state index in [1.54, 1.807) is 19.1 Å². The Morgan fingerprint density at radius 3 is 2.43 bits per heavy atom. The van der Waals surface area contributed by atoms with E-state index >= 15 is 0 Å². The third-order valence-corrected chi connectivity index (χ3v) is 5.76. The molecule has 1 aromatic carbocycles. The molecule has 0 aliphatic carbocycles. The summed E-state index contributed by atoms with van der Waals surface area (Å²) < 4.78 is 26.2. The fourth-order valence-corrected chi connectivity index (χ4v) is 3.64. The monoisotopic (exact) mass is 326 g/mol. The number of benzene rings is 1. The number of thiazole rings is 1. The van der Waals surface area contributed by atoms with Crippen molar-refractivity contribution in [3.05, 3.63) is 45.9 Å². The van der Waals surface area contributed by atoms with Gasteiger partial charge in [0.05, 0.1) is 28.2 Å². The van der Waals surface area contributed by atoms with Crippen LogP contribution in [0.25, 0.3) is 0 Å². The van der Waals surface area contributed by atoms with Gasteiger partial charge in [0.15, 0.2) is 0 Å². The highest BCUT2D eigenvalue weighted by Crippen LogP contribution is 2.20. The molecule has 0 saturated heterocycles. The Labute approximate surface area is 128 Å². The van der Waals surface area contributed by atoms with Crippen molar-refractivity contribution in [1.82, 2.24) is 9.29 Å². The fraction of sp³-hybridized carbons (Fsp3) is 0.357. The van der Waals surface area contributed by atoms with Crippen molar-refractivity contribution >= 4 is 21.4 Å². The van der Waals surface area contributed by atoms with Crippen LogP contribution in [0.1, 0.15) is 29.3 Å². The van der Waals surface area contributed by atoms with Gasteiger partial charge in [-0.2, -0.15) is 4.31 Å². The first-order valence-electron chi connectivity index (χ1n) is 6.46. The molecule has 0 aliphatic rings. The van der Waals surface area contributed by atoms with E-state index in [0.29, 0.717) is 5.56 Å². The molecule has 1 N–H and O–H groups in total. The first-order chi connectivity index (χ1) is 9.80. The first-order valence-corrected chi connectivity index (χ1v) is 8.78. The summed E-state index contributed by atoms with van der Waals surface area (Å²) in [4.78, 5) is 4.48. The standard InChI is InChI=1S/C14H18N2O3S2/c1-10(17)12-4-6-14(7-5-12)21(18,19)16(3)8-13-9-20-11(2)15-13/h4-7,9-10,17H,8H2,1-3H3. The number of rotatable bonds is 5. The van der Waals surface area contributed by atoms with Crippen LogP contribution in [0.4, 0.5) is 0 Å². The zero-order valence-corrected chi connectivity index (χ0v) is 13.8. The number of aromatic nitrogens is 1. The Kier molecular flexibility index (Phi) is 4.77. The van der Waals surface area contributed by atoms with Crippen LogP contribution < -0.4 is 0 Å². The Morgan fingerprint density at radius 2 is 1.95 bits per heavy atom. The van der Waals surface area contributed by atoms with Crippen molar-refractivity contribution in [2.75, 3.05) is 7.05 Å². The molecule has 0 radical (unpaired) electrons. The highest BCUT2D eigenvalue weighted by molar-refractivity contribution is 7.89. The number of sulfonamides is 1. The minimum Gasteiger partial charge on any atom is -0.389 e. The van der Waals surface area contributed by atoms with E-state index in [4.69, 9.17) is 0 Å². The summed E-state index contributed by atoms with van der Waals surface area (Å²) >= 11 is 1.50. The third kappa shape index (κ3) is 3.68. The Hall–Kier alpha value is -1.28. The summed E-state index contributed by atoms with van der Waals surface area (Å²) in [6, 6.07) is 6.27. The topological polar surface area (TPSA) is 70.5 Å². The molecule has 0 amide bonds. The second kappa shape index (κ2) is 6.23. The molecule has 1 unspecified atom stereocenters. The average molecular weight is 326 g/mol. The molecule has 21 heavy (non-hydrogen) atoms. The van der Waals surface area contributed by atoms with E-state index in [1.807, 2.05) is 12.3 Å². The van der Waals surface area contributed by atoms with Crippen molar-refractivity contribution in [3.63, 3.8) is 0 Å². The van der Waals surface area contributed by atoms with Crippen LogP contribution in [0.5, 0.6) is 0 Å². The highest BCUT2D eigenvalue weighted by Gasteiger charge is 2.21. The van der Waals surface area contributed by atoms with Crippen LogP contribution in [0, 0.1) is 6.92 Å². The number of aliphatic hydroxyl groups is 1. The van der Waals surface area contributed by atoms with E-state index in [1.165, 1.54) is 34.8 Å². The van der Waals surface area contributed by atoms with Gasteiger partial charge in [-0.25, -0.2) is 13.4 Å². The number of hydrogen-bond acceptors (Lipinski definition) is 5. The van der Waals surface area contributed by atoms with E-state index < -0.39 is 16.1 Å². The third-order valence-electron chi connectivity index (χ3n) is 3.12. The van der Waals surface area contributed by atoms with E-state index in [-0.39, 0.29) is 11.4 Å². The summed E-state index contributed by atoms with van der Waals surface area (Å²) in [6.07, 6.45) is -0.613. The molecule has 7 heteroatoms. The molecule has 0 bridgehead atoms. The molecule has 1 aromatic heterocycles. The van der Waals surface area contributed by atoms with Crippen LogP contribution in [0.2, 0.25) is 0 Å². The summed E-state index contributed by atoms with van der Waals surface area (Å²) in [6.45, 7) is 3.77. The maximum atomic E-state index is 12.5. The molecule has 0 fully saturated rings. The molecule has 2 aromatic rings. The molecular weight excluding hydrogens is 308 g/mol. The van der Waals surface area contributed by atoms with Crippen molar-refractivity contribution < 1.29 is 13.5 Å². The van der Waals surface area contributed by atoms with Crippen LogP contribution in [-0.4, -0.2) is 29.9 Å². The lowest BCUT2D eigenvalue weighted by Crippen LogP contribution is -2.26. The zero-order chi connectivity index (χ0) is 15.6. The summed E-state index contributed by atoms with van der Waals surface area (Å²) in [5, 5.41) is 12.2. The van der Waals surface area contributed by atoms with Gasteiger partial charge in [-0.05, 0) is 31.5 Å². The lowest BCUT2D eigenvalue weighted by molar-refractivity contribution is 0.199. The Bertz CT molecular complexity index is 706. The molecule has 0 saturated carbocycles. The van der Waals surface area contributed by atoms with Gasteiger partial charge in [0, 0.05) is 12.4 Å². The lowest BCUT2D eigenvalue weighted by Gasteiger charge is -2.16. The van der Waals surface area contributed by atoms with Gasteiger partial charge < -0.3 is 5.11 Å². The number of aryl methyl sites for hydroxylation is 1. The molecular formula is C14H18N2O3S2. The minimum absolute atomic E-state index is 0.210. The first kappa shape index (κ1) is 16.1. The lowest BCUT2D eigenvalue weighted by atomic mass is 10.1. The van der Waals surface area contributed by atoms with Gasteiger partial charge in [-0.1, -0.05) is 12.1 Å². The van der Waals surface area contributed by atoms with Gasteiger partial charge >= 0.3 is 0 Å². The summed E-state index contributed by atoms with van der Waals surface area (Å²) in [5.74, 6) is 0. The highest BCUT2D eigenvalue weighted by atomic mass is 32.2. The Balaban J connectivity index is 2.20. The average Bonchev–Trinajstić information content (AvgIpc) is 2.84. The molecule has 0 aliphatic heterocycles. The van der Waals surface area contributed by atoms with Crippen LogP contribution >= 0.6 is 11.3 Å². The van der Waals surface area contributed by atoms with Gasteiger partial charge in [0.2, 0.25) is 10.0 Å². The summed E-state index contributed by atoms with van der Waals surface area (Å²) in [7, 11) is -2.02. The second-order valence-electron chi connectivity index (χ2n) is 4.86. The molecule has 114 valence electrons. The van der Waals surface area contributed by atoms with Gasteiger partial charge in [0.1, 0.15) is 0 Å². The van der Waals surface area contributed by atoms with Crippen LogP contribution in [-0.2, 0) is 16.6 Å². The van der Waals surface area contributed by atoms with Gasteiger partial charge in [-0.15, -0.1) is 11.3 Å². The van der Waals surface area contributed by atoms with Crippen molar-refractivity contribution in [1.29, 1.82) is 0 Å². The minimum atomic E-state index is -3.55. The summed E-state index contributed by atoms with van der Waals surface area (Å²) in [5.41, 5.74) is 1.43. The second-order valence-corrected chi connectivity index (χ2v) is 7.97. The van der Waals surface area contributed by atoms with Crippen molar-refractivity contribution in [3.8, 4) is 0 Å². The van der Waals surface area contributed by atoms with E-state index in [2.05, 4.69) is 4.98 Å². The maximum Gasteiger partial charge on any atom is 0.243 e. The predicted octanol–water partition coefficient (Wildman–Crippen LogP) is 2.33. The number of hydrogen-bond donors (Lipinski definition) is 1. The van der Waals surface area contributed by atoms with Crippen LogP contribution in [0.3, 0.4) is 0 Å². The predicted molar refractivity (Wildman–Crippen MR) is 82.6 cm³/mol. The maximum absolute atomic E-state index is 12.5. The molecule has 0 spiro atoms. The van der Waals surface area contributed by atoms with Gasteiger partial charge in [0.25, 0.3) is 0 Å². The van der Waals surface area contributed by atoms with Crippen molar-refractivity contribution in [2.24, 2.45) is 0 Å². The largest absolute Gasteiger partial charge is 0.389 e. The normalized spacial score (nSPS) is 13.6. The van der Waals surface area contributed by atoms with Crippen molar-refractivity contribution in [2.45, 2.75) is 31.4 Å². The molecule has 2 rings (SSSR count). The molecule has 5 nitrogen and oxygen atoms in total. The Morgan fingerprint density at radius 1 is 1.33 bits per heavy atom. The van der Waals surface area contributed by atoms with E-state index in [9.17, 15) is 13.5 Å².